The molecule has 1 aliphatic rings. The average Bonchev–Trinajstić information content (AvgIpc) is 2.76. The number of nitriles is 1. The maximum atomic E-state index is 11.0. The van der Waals surface area contributed by atoms with E-state index in [2.05, 4.69) is 9.64 Å². The third-order valence-electron chi connectivity index (χ3n) is 2.23. The number of carbonyl (C=O) groups is 1. The van der Waals surface area contributed by atoms with Crippen LogP contribution in [0.2, 0.25) is 0 Å². The number of carbonyl (C=O) groups excluding carboxylic acids is 1. The highest BCUT2D eigenvalue weighted by Crippen LogP contribution is 2.07. The second-order valence-corrected chi connectivity index (χ2v) is 3.27. The second-order valence-electron chi connectivity index (χ2n) is 3.27. The van der Waals surface area contributed by atoms with Crippen molar-refractivity contribution < 1.29 is 9.53 Å². The number of ether oxygens (including phenoxy) is 1. The zero-order valence-corrected chi connectivity index (χ0v) is 8.77. The summed E-state index contributed by atoms with van der Waals surface area (Å²) < 4.78 is 4.45. The maximum Gasteiger partial charge on any atom is 0.348 e. The molecule has 0 N–H and O–H groups in total. The number of hydrogen-bond acceptors (Lipinski definition) is 4. The van der Waals surface area contributed by atoms with Gasteiger partial charge >= 0.3 is 5.97 Å². The van der Waals surface area contributed by atoms with Gasteiger partial charge < -0.3 is 9.64 Å². The number of rotatable bonds is 3. The van der Waals surface area contributed by atoms with Gasteiger partial charge in [0.25, 0.3) is 0 Å². The number of hydrogen-bond donors (Lipinski definition) is 0. The van der Waals surface area contributed by atoms with E-state index in [0.717, 1.165) is 13.1 Å². The molecule has 15 heavy (non-hydrogen) atoms. The van der Waals surface area contributed by atoms with Crippen LogP contribution in [0.15, 0.2) is 23.9 Å². The third-order valence-corrected chi connectivity index (χ3v) is 2.23. The fourth-order valence-electron chi connectivity index (χ4n) is 1.41. The minimum Gasteiger partial charge on any atom is -0.465 e. The molecule has 4 nitrogen and oxygen atoms in total. The summed E-state index contributed by atoms with van der Waals surface area (Å²) in [5.41, 5.74) is 0.0212. The lowest BCUT2D eigenvalue weighted by atomic mass is 10.3. The molecule has 1 fully saturated rings. The van der Waals surface area contributed by atoms with Crippen LogP contribution in [0.1, 0.15) is 12.8 Å². The molecule has 1 heterocycles. The Morgan fingerprint density at radius 2 is 2.13 bits per heavy atom. The summed E-state index contributed by atoms with van der Waals surface area (Å²) in [6, 6.07) is 1.79. The molecule has 0 spiro atoms. The van der Waals surface area contributed by atoms with Crippen molar-refractivity contribution in [3.8, 4) is 6.07 Å². The van der Waals surface area contributed by atoms with Gasteiger partial charge in [-0.25, -0.2) is 4.79 Å². The van der Waals surface area contributed by atoms with Crippen LogP contribution in [0.3, 0.4) is 0 Å². The summed E-state index contributed by atoms with van der Waals surface area (Å²) in [6.45, 7) is 2.09. The fourth-order valence-corrected chi connectivity index (χ4v) is 1.41. The Morgan fingerprint density at radius 1 is 1.47 bits per heavy atom. The number of methoxy groups -OCH3 is 1. The van der Waals surface area contributed by atoms with Crippen LogP contribution in [0.4, 0.5) is 0 Å². The Kier molecular flexibility index (Phi) is 4.42. The van der Waals surface area contributed by atoms with Crippen molar-refractivity contribution in [1.82, 2.24) is 4.90 Å². The monoisotopic (exact) mass is 206 g/mol. The number of esters is 1. The molecule has 80 valence electrons. The van der Waals surface area contributed by atoms with Gasteiger partial charge in [0.1, 0.15) is 11.6 Å². The third kappa shape index (κ3) is 3.47. The first-order chi connectivity index (χ1) is 7.27. The number of likely N-dealkylation sites (tertiary alicyclic amines) is 1. The zero-order chi connectivity index (χ0) is 11.1. The van der Waals surface area contributed by atoms with Crippen LogP contribution < -0.4 is 0 Å². The van der Waals surface area contributed by atoms with E-state index in [-0.39, 0.29) is 5.57 Å². The molecule has 4 heteroatoms. The molecule has 1 aliphatic heterocycles. The van der Waals surface area contributed by atoms with Crippen LogP contribution in [0, 0.1) is 11.3 Å². The highest BCUT2D eigenvalue weighted by Gasteiger charge is 2.07. The zero-order valence-electron chi connectivity index (χ0n) is 8.77. The summed E-state index contributed by atoms with van der Waals surface area (Å²) in [5.74, 6) is -0.594. The molecular weight excluding hydrogens is 192 g/mol. The van der Waals surface area contributed by atoms with Gasteiger partial charge in [-0.2, -0.15) is 5.26 Å². The van der Waals surface area contributed by atoms with Crippen LogP contribution >= 0.6 is 0 Å². The van der Waals surface area contributed by atoms with Crippen LogP contribution in [0.5, 0.6) is 0 Å². The predicted molar refractivity (Wildman–Crippen MR) is 55.7 cm³/mol. The van der Waals surface area contributed by atoms with E-state index in [1.54, 1.807) is 12.1 Å². The maximum absolute atomic E-state index is 11.0. The van der Waals surface area contributed by atoms with E-state index in [1.807, 2.05) is 6.20 Å². The summed E-state index contributed by atoms with van der Waals surface area (Å²) in [7, 11) is 1.26. The second kappa shape index (κ2) is 5.86. The molecule has 0 aromatic heterocycles. The van der Waals surface area contributed by atoms with E-state index in [9.17, 15) is 4.79 Å². The molecule has 0 aliphatic carbocycles. The van der Waals surface area contributed by atoms with Crippen molar-refractivity contribution >= 4 is 5.97 Å². The predicted octanol–water partition coefficient (Wildman–Crippen LogP) is 1.22. The normalized spacial score (nSPS) is 16.8. The standard InChI is InChI=1S/C11H14N2O2/c1-15-11(14)10(9-12)5-4-8-13-6-2-3-7-13/h4-5,8H,2-3,6-7H2,1H3/b8-4+,10-5-. The minimum atomic E-state index is -0.594. The Morgan fingerprint density at radius 3 is 2.67 bits per heavy atom. The first kappa shape index (κ1) is 11.3. The molecule has 0 amide bonds. The molecule has 0 radical (unpaired) electrons. The molecule has 1 rings (SSSR count). The van der Waals surface area contributed by atoms with Crippen LogP contribution in [-0.4, -0.2) is 31.1 Å². The molecule has 0 aromatic rings. The van der Waals surface area contributed by atoms with Crippen molar-refractivity contribution in [3.63, 3.8) is 0 Å². The first-order valence-corrected chi connectivity index (χ1v) is 4.89. The van der Waals surface area contributed by atoms with E-state index in [1.165, 1.54) is 26.0 Å². The largest absolute Gasteiger partial charge is 0.465 e. The number of nitrogens with zero attached hydrogens (tertiary/aromatic N) is 2. The SMILES string of the molecule is COC(=O)/C(C#N)=C\C=C\N1CCCC1. The topological polar surface area (TPSA) is 53.3 Å². The fraction of sp³-hybridized carbons (Fsp3) is 0.455. The van der Waals surface area contributed by atoms with E-state index >= 15 is 0 Å². The van der Waals surface area contributed by atoms with Gasteiger partial charge in [0.05, 0.1) is 7.11 Å². The highest BCUT2D eigenvalue weighted by molar-refractivity contribution is 5.92. The summed E-state index contributed by atoms with van der Waals surface area (Å²) in [6.07, 6.45) is 7.49. The molecule has 0 unspecified atom stereocenters. The van der Waals surface area contributed by atoms with Crippen LogP contribution in [-0.2, 0) is 9.53 Å². The molecule has 0 saturated carbocycles. The van der Waals surface area contributed by atoms with Gasteiger partial charge in [0.2, 0.25) is 0 Å². The minimum absolute atomic E-state index is 0.0212. The van der Waals surface area contributed by atoms with E-state index in [4.69, 9.17) is 5.26 Å². The smallest absolute Gasteiger partial charge is 0.348 e. The molecule has 1 saturated heterocycles. The molecule has 0 atom stereocenters. The lowest BCUT2D eigenvalue weighted by Crippen LogP contribution is -2.10. The van der Waals surface area contributed by atoms with Gasteiger partial charge in [-0.15, -0.1) is 0 Å². The van der Waals surface area contributed by atoms with Crippen LogP contribution in [0.25, 0.3) is 0 Å². The van der Waals surface area contributed by atoms with Gasteiger partial charge in [0, 0.05) is 13.1 Å². The number of allylic oxidation sites excluding steroid dienone is 2. The molecule has 0 aromatic carbocycles. The van der Waals surface area contributed by atoms with Crippen molar-refractivity contribution in [3.05, 3.63) is 23.9 Å². The summed E-state index contributed by atoms with van der Waals surface area (Å²) >= 11 is 0. The Hall–Kier alpha value is -1.76. The van der Waals surface area contributed by atoms with E-state index in [0.29, 0.717) is 0 Å². The molecular formula is C11H14N2O2. The van der Waals surface area contributed by atoms with Crippen molar-refractivity contribution in [2.75, 3.05) is 20.2 Å². The summed E-state index contributed by atoms with van der Waals surface area (Å²) in [5, 5.41) is 8.65. The van der Waals surface area contributed by atoms with Gasteiger partial charge in [-0.05, 0) is 31.2 Å². The Balaban J connectivity index is 2.53. The summed E-state index contributed by atoms with van der Waals surface area (Å²) in [4.78, 5) is 13.2. The van der Waals surface area contributed by atoms with Gasteiger partial charge in [-0.1, -0.05) is 0 Å². The Labute approximate surface area is 89.4 Å². The van der Waals surface area contributed by atoms with Crippen molar-refractivity contribution in [1.29, 1.82) is 5.26 Å². The first-order valence-electron chi connectivity index (χ1n) is 4.89. The average molecular weight is 206 g/mol. The van der Waals surface area contributed by atoms with Crippen molar-refractivity contribution in [2.45, 2.75) is 12.8 Å². The Bertz CT molecular complexity index is 320. The van der Waals surface area contributed by atoms with Crippen molar-refractivity contribution in [2.24, 2.45) is 0 Å². The molecule has 0 bridgehead atoms. The van der Waals surface area contributed by atoms with Gasteiger partial charge in [0.15, 0.2) is 0 Å². The quantitative estimate of drug-likeness (QED) is 0.301. The highest BCUT2D eigenvalue weighted by atomic mass is 16.5. The lowest BCUT2D eigenvalue weighted by Gasteiger charge is -2.08. The lowest BCUT2D eigenvalue weighted by molar-refractivity contribution is -0.135. The van der Waals surface area contributed by atoms with Gasteiger partial charge in [-0.3, -0.25) is 0 Å². The van der Waals surface area contributed by atoms with E-state index < -0.39 is 5.97 Å².